The lowest BCUT2D eigenvalue weighted by Gasteiger charge is -2.14. The van der Waals surface area contributed by atoms with Crippen LogP contribution < -0.4 is 5.32 Å². The second kappa shape index (κ2) is 4.53. The Labute approximate surface area is 95.3 Å². The molecule has 0 saturated carbocycles. The first-order chi connectivity index (χ1) is 7.76. The topological polar surface area (TPSA) is 43.0 Å². The largest absolute Gasteiger partial charge is 0.472 e. The average Bonchev–Trinajstić information content (AvgIpc) is 2.91. The van der Waals surface area contributed by atoms with E-state index in [1.165, 1.54) is 0 Å². The maximum atomic E-state index is 5.12. The molecular formula is C12H17N3O. The summed E-state index contributed by atoms with van der Waals surface area (Å²) in [5.74, 6) is 0. The van der Waals surface area contributed by atoms with Crippen molar-refractivity contribution in [1.29, 1.82) is 0 Å². The third-order valence-electron chi connectivity index (χ3n) is 2.79. The van der Waals surface area contributed by atoms with E-state index in [9.17, 15) is 0 Å². The van der Waals surface area contributed by atoms with E-state index in [4.69, 9.17) is 4.42 Å². The van der Waals surface area contributed by atoms with Crippen LogP contribution in [0.1, 0.15) is 29.9 Å². The van der Waals surface area contributed by atoms with Crippen LogP contribution in [0, 0.1) is 0 Å². The van der Waals surface area contributed by atoms with Gasteiger partial charge in [-0.25, -0.2) is 0 Å². The van der Waals surface area contributed by atoms with E-state index < -0.39 is 0 Å². The van der Waals surface area contributed by atoms with Crippen LogP contribution in [0.15, 0.2) is 29.1 Å². The summed E-state index contributed by atoms with van der Waals surface area (Å²) in [5.41, 5.74) is 3.38. The SMILES string of the molecule is CCc1cc(C(NC)c2ccoc2)n(C)n1. The predicted molar refractivity (Wildman–Crippen MR) is 62.2 cm³/mol. The third kappa shape index (κ3) is 1.88. The van der Waals surface area contributed by atoms with Crippen molar-refractivity contribution in [3.63, 3.8) is 0 Å². The van der Waals surface area contributed by atoms with Crippen molar-refractivity contribution in [1.82, 2.24) is 15.1 Å². The zero-order valence-corrected chi connectivity index (χ0v) is 9.90. The normalized spacial score (nSPS) is 12.9. The molecule has 2 aromatic heterocycles. The van der Waals surface area contributed by atoms with E-state index >= 15 is 0 Å². The molecule has 2 heterocycles. The van der Waals surface area contributed by atoms with Crippen molar-refractivity contribution in [2.45, 2.75) is 19.4 Å². The van der Waals surface area contributed by atoms with Crippen LogP contribution in [-0.4, -0.2) is 16.8 Å². The predicted octanol–water partition coefficient (Wildman–Crippen LogP) is 1.88. The highest BCUT2D eigenvalue weighted by Crippen LogP contribution is 2.22. The van der Waals surface area contributed by atoms with E-state index in [2.05, 4.69) is 23.4 Å². The quantitative estimate of drug-likeness (QED) is 0.853. The summed E-state index contributed by atoms with van der Waals surface area (Å²) >= 11 is 0. The van der Waals surface area contributed by atoms with Crippen molar-refractivity contribution in [3.05, 3.63) is 41.6 Å². The number of hydrogen-bond donors (Lipinski definition) is 1. The summed E-state index contributed by atoms with van der Waals surface area (Å²) in [6.45, 7) is 2.11. The van der Waals surface area contributed by atoms with Gasteiger partial charge >= 0.3 is 0 Å². The van der Waals surface area contributed by atoms with Crippen molar-refractivity contribution in [2.24, 2.45) is 7.05 Å². The number of hydrogen-bond acceptors (Lipinski definition) is 3. The molecule has 1 N–H and O–H groups in total. The minimum atomic E-state index is 0.136. The van der Waals surface area contributed by atoms with Gasteiger partial charge in [0.05, 0.1) is 30.0 Å². The van der Waals surface area contributed by atoms with Crippen LogP contribution in [0.25, 0.3) is 0 Å². The van der Waals surface area contributed by atoms with Crippen LogP contribution in [0.2, 0.25) is 0 Å². The van der Waals surface area contributed by atoms with Crippen molar-refractivity contribution >= 4 is 0 Å². The molecule has 2 aromatic rings. The Bertz CT molecular complexity index is 445. The number of nitrogens with zero attached hydrogens (tertiary/aromatic N) is 2. The van der Waals surface area contributed by atoms with Crippen LogP contribution in [0.5, 0.6) is 0 Å². The number of furan rings is 1. The second-order valence-electron chi connectivity index (χ2n) is 3.82. The zero-order valence-electron chi connectivity index (χ0n) is 9.90. The van der Waals surface area contributed by atoms with Crippen LogP contribution in [-0.2, 0) is 13.5 Å². The summed E-state index contributed by atoms with van der Waals surface area (Å²) in [7, 11) is 3.91. The molecular weight excluding hydrogens is 202 g/mol. The zero-order chi connectivity index (χ0) is 11.5. The van der Waals surface area contributed by atoms with E-state index in [1.54, 1.807) is 12.5 Å². The molecule has 0 aliphatic heterocycles. The van der Waals surface area contributed by atoms with Crippen LogP contribution in [0.4, 0.5) is 0 Å². The summed E-state index contributed by atoms with van der Waals surface area (Å²) in [4.78, 5) is 0. The van der Waals surface area contributed by atoms with E-state index in [0.717, 1.165) is 23.4 Å². The van der Waals surface area contributed by atoms with E-state index in [1.807, 2.05) is 24.8 Å². The van der Waals surface area contributed by atoms with Gasteiger partial charge < -0.3 is 9.73 Å². The summed E-state index contributed by atoms with van der Waals surface area (Å²) in [5, 5.41) is 7.73. The van der Waals surface area contributed by atoms with Crippen molar-refractivity contribution < 1.29 is 4.42 Å². The van der Waals surface area contributed by atoms with E-state index in [-0.39, 0.29) is 6.04 Å². The second-order valence-corrected chi connectivity index (χ2v) is 3.82. The molecule has 4 nitrogen and oxygen atoms in total. The standard InChI is InChI=1S/C12H17N3O/c1-4-10-7-11(15(3)14-10)12(13-2)9-5-6-16-8-9/h5-8,12-13H,4H2,1-3H3. The smallest absolute Gasteiger partial charge is 0.0954 e. The molecule has 1 atom stereocenters. The molecule has 0 fully saturated rings. The van der Waals surface area contributed by atoms with Gasteiger partial charge in [0.1, 0.15) is 0 Å². The fraction of sp³-hybridized carbons (Fsp3) is 0.417. The first kappa shape index (κ1) is 11.0. The maximum absolute atomic E-state index is 5.12. The molecule has 1 unspecified atom stereocenters. The highest BCUT2D eigenvalue weighted by Gasteiger charge is 2.17. The molecule has 0 aliphatic carbocycles. The Hall–Kier alpha value is -1.55. The number of aromatic nitrogens is 2. The van der Waals surface area contributed by atoms with Crippen LogP contribution in [0.3, 0.4) is 0 Å². The summed E-state index contributed by atoms with van der Waals surface area (Å²) in [6.07, 6.45) is 4.41. The molecule has 0 spiro atoms. The van der Waals surface area contributed by atoms with Gasteiger partial charge in [0.2, 0.25) is 0 Å². The molecule has 0 saturated heterocycles. The van der Waals surface area contributed by atoms with Gasteiger partial charge in [-0.2, -0.15) is 5.10 Å². The minimum absolute atomic E-state index is 0.136. The average molecular weight is 219 g/mol. The first-order valence-corrected chi connectivity index (χ1v) is 5.48. The highest BCUT2D eigenvalue weighted by molar-refractivity contribution is 5.26. The minimum Gasteiger partial charge on any atom is -0.472 e. The lowest BCUT2D eigenvalue weighted by molar-refractivity contribution is 0.550. The molecule has 0 aromatic carbocycles. The summed E-state index contributed by atoms with van der Waals surface area (Å²) in [6, 6.07) is 4.24. The fourth-order valence-corrected chi connectivity index (χ4v) is 1.91. The fourth-order valence-electron chi connectivity index (χ4n) is 1.91. The van der Waals surface area contributed by atoms with Gasteiger partial charge in [-0.05, 0) is 25.6 Å². The Morgan fingerprint density at radius 3 is 2.88 bits per heavy atom. The molecule has 0 bridgehead atoms. The number of nitrogens with one attached hydrogen (secondary N) is 1. The van der Waals surface area contributed by atoms with Gasteiger partial charge in [-0.15, -0.1) is 0 Å². The Balaban J connectivity index is 2.37. The van der Waals surface area contributed by atoms with Gasteiger partial charge in [0, 0.05) is 12.6 Å². The Morgan fingerprint density at radius 1 is 1.56 bits per heavy atom. The van der Waals surface area contributed by atoms with Crippen molar-refractivity contribution in [2.75, 3.05) is 7.05 Å². The van der Waals surface area contributed by atoms with Gasteiger partial charge in [-0.1, -0.05) is 6.92 Å². The first-order valence-electron chi connectivity index (χ1n) is 5.48. The molecule has 16 heavy (non-hydrogen) atoms. The van der Waals surface area contributed by atoms with Crippen LogP contribution >= 0.6 is 0 Å². The molecule has 2 rings (SSSR count). The maximum Gasteiger partial charge on any atom is 0.0954 e. The lowest BCUT2D eigenvalue weighted by atomic mass is 10.1. The Morgan fingerprint density at radius 2 is 2.38 bits per heavy atom. The molecule has 0 amide bonds. The van der Waals surface area contributed by atoms with Crippen molar-refractivity contribution in [3.8, 4) is 0 Å². The van der Waals surface area contributed by atoms with Gasteiger partial charge in [0.25, 0.3) is 0 Å². The molecule has 0 radical (unpaired) electrons. The van der Waals surface area contributed by atoms with Gasteiger partial charge in [-0.3, -0.25) is 4.68 Å². The highest BCUT2D eigenvalue weighted by atomic mass is 16.3. The lowest BCUT2D eigenvalue weighted by Crippen LogP contribution is -2.19. The number of aryl methyl sites for hydroxylation is 2. The van der Waals surface area contributed by atoms with E-state index in [0.29, 0.717) is 0 Å². The molecule has 86 valence electrons. The van der Waals surface area contributed by atoms with Gasteiger partial charge in [0.15, 0.2) is 0 Å². The third-order valence-corrected chi connectivity index (χ3v) is 2.79. The Kier molecular flexibility index (Phi) is 3.10. The summed E-state index contributed by atoms with van der Waals surface area (Å²) < 4.78 is 7.05. The monoisotopic (exact) mass is 219 g/mol. The molecule has 4 heteroatoms. The number of rotatable bonds is 4. The molecule has 0 aliphatic rings.